The molecule has 2 heterocycles. The molecule has 2 aromatic carbocycles. The van der Waals surface area contributed by atoms with E-state index < -0.39 is 23.9 Å². The van der Waals surface area contributed by atoms with Gasteiger partial charge in [-0.2, -0.15) is 5.11 Å². The first kappa shape index (κ1) is 18.8. The smallest absolute Gasteiger partial charge is 0.263 e. The first-order valence-electron chi connectivity index (χ1n) is 9.34. The van der Waals surface area contributed by atoms with Crippen molar-refractivity contribution in [2.75, 3.05) is 16.8 Å². The average Bonchev–Trinajstić information content (AvgIpc) is 3.19. The van der Waals surface area contributed by atoms with Crippen LogP contribution in [0.15, 0.2) is 52.8 Å². The van der Waals surface area contributed by atoms with Gasteiger partial charge in [-0.25, -0.2) is 4.90 Å². The molecule has 0 spiro atoms. The largest absolute Gasteiger partial charge is 0.324 e. The molecule has 4 rings (SSSR count). The number of carbonyl (C=O) groups is 3. The number of hydrogen-bond acceptors (Lipinski definition) is 6. The van der Waals surface area contributed by atoms with Gasteiger partial charge < -0.3 is 5.32 Å². The zero-order chi connectivity index (χ0) is 20.7. The number of nitrogens with one attached hydrogen (secondary N) is 1. The molecule has 29 heavy (non-hydrogen) atoms. The van der Waals surface area contributed by atoms with Crippen LogP contribution in [0.4, 0.5) is 11.4 Å². The van der Waals surface area contributed by atoms with Crippen LogP contribution in [-0.4, -0.2) is 41.4 Å². The van der Waals surface area contributed by atoms with Crippen LogP contribution in [-0.2, 0) is 14.4 Å². The van der Waals surface area contributed by atoms with Crippen LogP contribution in [0.25, 0.3) is 0 Å². The molecule has 2 atom stereocenters. The van der Waals surface area contributed by atoms with Crippen LogP contribution in [0.1, 0.15) is 16.7 Å². The van der Waals surface area contributed by atoms with Crippen molar-refractivity contribution in [3.05, 3.63) is 59.2 Å². The maximum Gasteiger partial charge on any atom is 0.263 e. The van der Waals surface area contributed by atoms with E-state index >= 15 is 0 Å². The minimum Gasteiger partial charge on any atom is -0.324 e. The molecule has 2 aromatic rings. The molecule has 1 N–H and O–H groups in total. The van der Waals surface area contributed by atoms with Gasteiger partial charge in [-0.3, -0.25) is 19.4 Å². The van der Waals surface area contributed by atoms with Gasteiger partial charge in [-0.1, -0.05) is 40.6 Å². The van der Waals surface area contributed by atoms with Crippen molar-refractivity contribution < 1.29 is 14.4 Å². The second-order valence-electron chi connectivity index (χ2n) is 7.41. The van der Waals surface area contributed by atoms with Gasteiger partial charge in [0.05, 0.1) is 5.69 Å². The lowest BCUT2D eigenvalue weighted by atomic mass is 10.1. The van der Waals surface area contributed by atoms with Crippen LogP contribution >= 0.6 is 0 Å². The third-order valence-electron chi connectivity index (χ3n) is 5.11. The number of aryl methyl sites for hydroxylation is 3. The SMILES string of the molecule is Cc1ccc(N2C(=O)[C@@H]3N=NN(CC(=O)Nc4ccc(C)cc4C)[C@H]3C2=O)cc1. The van der Waals surface area contributed by atoms with Crippen molar-refractivity contribution >= 4 is 29.1 Å². The predicted molar refractivity (Wildman–Crippen MR) is 107 cm³/mol. The maximum atomic E-state index is 12.9. The zero-order valence-corrected chi connectivity index (χ0v) is 16.4. The molecular formula is C21H21N5O3. The minimum absolute atomic E-state index is 0.168. The summed E-state index contributed by atoms with van der Waals surface area (Å²) in [7, 11) is 0. The Bertz CT molecular complexity index is 1030. The summed E-state index contributed by atoms with van der Waals surface area (Å²) in [5.41, 5.74) is 4.26. The zero-order valence-electron chi connectivity index (χ0n) is 16.4. The maximum absolute atomic E-state index is 12.9. The van der Waals surface area contributed by atoms with Gasteiger partial charge in [0.25, 0.3) is 11.8 Å². The molecular weight excluding hydrogens is 370 g/mol. The molecule has 8 nitrogen and oxygen atoms in total. The molecule has 8 heteroatoms. The second kappa shape index (κ2) is 7.12. The van der Waals surface area contributed by atoms with Crippen molar-refractivity contribution in [2.24, 2.45) is 10.3 Å². The van der Waals surface area contributed by atoms with E-state index in [-0.39, 0.29) is 12.5 Å². The quantitative estimate of drug-likeness (QED) is 0.811. The second-order valence-corrected chi connectivity index (χ2v) is 7.41. The summed E-state index contributed by atoms with van der Waals surface area (Å²) >= 11 is 0. The number of nitrogens with zero attached hydrogens (tertiary/aromatic N) is 4. The third-order valence-corrected chi connectivity index (χ3v) is 5.11. The van der Waals surface area contributed by atoms with Gasteiger partial charge in [-0.15, -0.1) is 0 Å². The lowest BCUT2D eigenvalue weighted by molar-refractivity contribution is -0.123. The van der Waals surface area contributed by atoms with E-state index in [1.165, 1.54) is 5.01 Å². The van der Waals surface area contributed by atoms with Crippen LogP contribution in [0.2, 0.25) is 0 Å². The number of carbonyl (C=O) groups excluding carboxylic acids is 3. The fourth-order valence-electron chi connectivity index (χ4n) is 3.59. The molecule has 0 aromatic heterocycles. The van der Waals surface area contributed by atoms with Crippen molar-refractivity contribution in [1.29, 1.82) is 0 Å². The number of hydrogen-bond donors (Lipinski definition) is 1. The summed E-state index contributed by atoms with van der Waals surface area (Å²) in [5.74, 6) is -1.18. The van der Waals surface area contributed by atoms with E-state index in [1.807, 2.05) is 51.1 Å². The van der Waals surface area contributed by atoms with Crippen molar-refractivity contribution in [2.45, 2.75) is 32.9 Å². The number of rotatable bonds is 4. The van der Waals surface area contributed by atoms with Gasteiger partial charge in [-0.05, 0) is 44.5 Å². The summed E-state index contributed by atoms with van der Waals surface area (Å²) in [4.78, 5) is 39.3. The highest BCUT2D eigenvalue weighted by Crippen LogP contribution is 2.31. The minimum atomic E-state index is -0.919. The van der Waals surface area contributed by atoms with Gasteiger partial charge >= 0.3 is 0 Å². The summed E-state index contributed by atoms with van der Waals surface area (Å²) < 4.78 is 0. The topological polar surface area (TPSA) is 94.4 Å². The van der Waals surface area contributed by atoms with Crippen LogP contribution in [0, 0.1) is 20.8 Å². The average molecular weight is 391 g/mol. The molecule has 1 saturated heterocycles. The van der Waals surface area contributed by atoms with Crippen molar-refractivity contribution in [1.82, 2.24) is 5.01 Å². The molecule has 1 fully saturated rings. The van der Waals surface area contributed by atoms with E-state index in [2.05, 4.69) is 15.7 Å². The Kier molecular flexibility index (Phi) is 4.62. The summed E-state index contributed by atoms with van der Waals surface area (Å²) in [6, 6.07) is 11.0. The van der Waals surface area contributed by atoms with Gasteiger partial charge in [0.15, 0.2) is 12.1 Å². The Morgan fingerprint density at radius 2 is 1.69 bits per heavy atom. The number of amides is 3. The highest BCUT2D eigenvalue weighted by molar-refractivity contribution is 6.25. The highest BCUT2D eigenvalue weighted by Gasteiger charge is 2.55. The number of fused-ring (bicyclic) bond motifs is 1. The number of anilines is 2. The lowest BCUT2D eigenvalue weighted by Crippen LogP contribution is -2.43. The molecule has 3 amide bonds. The Morgan fingerprint density at radius 3 is 2.38 bits per heavy atom. The molecule has 0 bridgehead atoms. The van der Waals surface area contributed by atoms with Crippen LogP contribution in [0.3, 0.4) is 0 Å². The van der Waals surface area contributed by atoms with E-state index in [0.29, 0.717) is 11.4 Å². The Balaban J connectivity index is 1.49. The third kappa shape index (κ3) is 3.37. The first-order chi connectivity index (χ1) is 13.8. The lowest BCUT2D eigenvalue weighted by Gasteiger charge is -2.20. The molecule has 2 aliphatic rings. The van der Waals surface area contributed by atoms with E-state index in [4.69, 9.17) is 0 Å². The van der Waals surface area contributed by atoms with E-state index in [0.717, 1.165) is 21.6 Å². The van der Waals surface area contributed by atoms with Crippen molar-refractivity contribution in [3.8, 4) is 0 Å². The molecule has 0 aliphatic carbocycles. The fourth-order valence-corrected chi connectivity index (χ4v) is 3.59. The van der Waals surface area contributed by atoms with Gasteiger partial charge in [0, 0.05) is 5.69 Å². The number of benzene rings is 2. The Labute approximate surface area is 168 Å². The predicted octanol–water partition coefficient (Wildman–Crippen LogP) is 2.54. The molecule has 0 unspecified atom stereocenters. The van der Waals surface area contributed by atoms with Crippen molar-refractivity contribution in [3.63, 3.8) is 0 Å². The van der Waals surface area contributed by atoms with E-state index in [1.54, 1.807) is 12.1 Å². The van der Waals surface area contributed by atoms with Gasteiger partial charge in [0.1, 0.15) is 6.54 Å². The van der Waals surface area contributed by atoms with Crippen LogP contribution < -0.4 is 10.2 Å². The fraction of sp³-hybridized carbons (Fsp3) is 0.286. The monoisotopic (exact) mass is 391 g/mol. The van der Waals surface area contributed by atoms with Gasteiger partial charge in [0.2, 0.25) is 5.91 Å². The number of imide groups is 1. The standard InChI is InChI=1S/C21H21N5O3/c1-12-4-7-15(8-5-12)26-20(28)18-19(21(26)29)25(24-23-18)11-17(27)22-16-9-6-13(2)10-14(16)3/h4-10,18-19H,11H2,1-3H3,(H,22,27)/t18-,19-/m1/s1. The summed E-state index contributed by atoms with van der Waals surface area (Å²) in [5, 5.41) is 12.0. The first-order valence-corrected chi connectivity index (χ1v) is 9.34. The van der Waals surface area contributed by atoms with Crippen LogP contribution in [0.5, 0.6) is 0 Å². The summed E-state index contributed by atoms with van der Waals surface area (Å²) in [6.07, 6.45) is 0. The Morgan fingerprint density at radius 1 is 1.00 bits per heavy atom. The Hall–Kier alpha value is -3.55. The molecule has 0 saturated carbocycles. The molecule has 0 radical (unpaired) electrons. The molecule has 148 valence electrons. The normalized spacial score (nSPS) is 20.4. The molecule has 2 aliphatic heterocycles. The van der Waals surface area contributed by atoms with E-state index in [9.17, 15) is 14.4 Å². The highest BCUT2D eigenvalue weighted by atomic mass is 16.2. The summed E-state index contributed by atoms with van der Waals surface area (Å²) in [6.45, 7) is 5.65.